The second kappa shape index (κ2) is 9.37. The summed E-state index contributed by atoms with van der Waals surface area (Å²) in [5.41, 5.74) is 5.17. The van der Waals surface area contributed by atoms with Gasteiger partial charge in [0, 0.05) is 24.5 Å². The van der Waals surface area contributed by atoms with Crippen LogP contribution in [0, 0.1) is 0 Å². The van der Waals surface area contributed by atoms with Gasteiger partial charge < -0.3 is 24.4 Å². The summed E-state index contributed by atoms with van der Waals surface area (Å²) in [6, 6.07) is 23.8. The second-order valence-corrected chi connectivity index (χ2v) is 9.65. The first kappa shape index (κ1) is 23.8. The van der Waals surface area contributed by atoms with Gasteiger partial charge in [-0.05, 0) is 35.7 Å². The van der Waals surface area contributed by atoms with Gasteiger partial charge in [-0.15, -0.1) is 0 Å². The zero-order valence-corrected chi connectivity index (χ0v) is 21.3. The standard InChI is InChI=1S/C30H28N4O4/c1-32-23-14-8-7-13-22(23)29(36)33-17-16-21-20-12-6-9-15-24(20)34(27(21)28(32)33)18-25(35)31-26(30(37)38-2)19-10-4-3-5-11-19/h3-15,26,28H,16-18H2,1-2H3,(H,31,35)/t26-,28?/m0/s1. The first-order valence-electron chi connectivity index (χ1n) is 12.6. The van der Waals surface area contributed by atoms with Gasteiger partial charge in [0.1, 0.15) is 12.7 Å². The molecule has 1 N–H and O–H groups in total. The normalized spacial score (nSPS) is 16.9. The fourth-order valence-corrected chi connectivity index (χ4v) is 5.87. The van der Waals surface area contributed by atoms with E-state index >= 15 is 0 Å². The summed E-state index contributed by atoms with van der Waals surface area (Å²) in [6.45, 7) is 0.581. The summed E-state index contributed by atoms with van der Waals surface area (Å²) in [4.78, 5) is 43.6. The van der Waals surface area contributed by atoms with Crippen LogP contribution in [0.3, 0.4) is 0 Å². The number of benzene rings is 3. The number of methoxy groups -OCH3 is 1. The lowest BCUT2D eigenvalue weighted by molar-refractivity contribution is -0.145. The summed E-state index contributed by atoms with van der Waals surface area (Å²) in [5.74, 6) is -0.870. The Morgan fingerprint density at radius 3 is 2.50 bits per heavy atom. The number of hydrogen-bond acceptors (Lipinski definition) is 5. The number of ether oxygens (including phenoxy) is 1. The molecule has 6 rings (SSSR count). The Morgan fingerprint density at radius 2 is 1.71 bits per heavy atom. The minimum atomic E-state index is -0.923. The number of anilines is 1. The molecule has 3 aromatic carbocycles. The lowest BCUT2D eigenvalue weighted by atomic mass is 9.96. The number of amides is 2. The molecule has 0 spiro atoms. The highest BCUT2D eigenvalue weighted by atomic mass is 16.5. The monoisotopic (exact) mass is 508 g/mol. The molecule has 0 saturated heterocycles. The summed E-state index contributed by atoms with van der Waals surface area (Å²) in [6.07, 6.45) is 0.337. The highest BCUT2D eigenvalue weighted by Crippen LogP contribution is 2.44. The van der Waals surface area contributed by atoms with Crippen LogP contribution in [0.4, 0.5) is 5.69 Å². The van der Waals surface area contributed by atoms with Gasteiger partial charge in [-0.3, -0.25) is 9.59 Å². The van der Waals surface area contributed by atoms with Crippen LogP contribution in [0.2, 0.25) is 0 Å². The molecule has 4 aromatic rings. The van der Waals surface area contributed by atoms with Gasteiger partial charge >= 0.3 is 5.97 Å². The number of hydrogen-bond donors (Lipinski definition) is 1. The van der Waals surface area contributed by atoms with E-state index in [1.807, 2.05) is 77.2 Å². The molecule has 38 heavy (non-hydrogen) atoms. The fourth-order valence-electron chi connectivity index (χ4n) is 5.87. The zero-order valence-electron chi connectivity index (χ0n) is 21.3. The van der Waals surface area contributed by atoms with Gasteiger partial charge in [0.05, 0.1) is 24.1 Å². The molecule has 3 heterocycles. The number of fused-ring (bicyclic) bond motifs is 6. The van der Waals surface area contributed by atoms with Crippen molar-refractivity contribution < 1.29 is 19.1 Å². The maximum atomic E-state index is 13.5. The second-order valence-electron chi connectivity index (χ2n) is 9.65. The smallest absolute Gasteiger partial charge is 0.333 e. The Hall–Kier alpha value is -4.59. The minimum absolute atomic E-state index is 0.00885. The highest BCUT2D eigenvalue weighted by molar-refractivity contribution is 6.02. The largest absolute Gasteiger partial charge is 0.467 e. The number of carbonyl (C=O) groups is 3. The molecular formula is C30H28N4O4. The zero-order chi connectivity index (χ0) is 26.4. The van der Waals surface area contributed by atoms with E-state index in [-0.39, 0.29) is 24.5 Å². The van der Waals surface area contributed by atoms with Crippen LogP contribution in [0.25, 0.3) is 10.9 Å². The summed E-state index contributed by atoms with van der Waals surface area (Å²) >= 11 is 0. The fraction of sp³-hybridized carbons (Fsp3) is 0.233. The van der Waals surface area contributed by atoms with Crippen molar-refractivity contribution in [1.29, 1.82) is 0 Å². The third-order valence-corrected chi connectivity index (χ3v) is 7.58. The Bertz CT molecular complexity index is 1560. The number of aromatic nitrogens is 1. The van der Waals surface area contributed by atoms with Crippen molar-refractivity contribution in [2.75, 3.05) is 25.6 Å². The maximum absolute atomic E-state index is 13.5. The molecule has 2 atom stereocenters. The third-order valence-electron chi connectivity index (χ3n) is 7.58. The van der Waals surface area contributed by atoms with Crippen LogP contribution in [0.1, 0.15) is 39.4 Å². The van der Waals surface area contributed by atoms with Crippen LogP contribution in [0.15, 0.2) is 78.9 Å². The van der Waals surface area contributed by atoms with Crippen molar-refractivity contribution in [2.45, 2.75) is 25.2 Å². The molecule has 192 valence electrons. The minimum Gasteiger partial charge on any atom is -0.467 e. The molecule has 8 nitrogen and oxygen atoms in total. The number of nitrogens with zero attached hydrogens (tertiary/aromatic N) is 3. The van der Waals surface area contributed by atoms with Crippen molar-refractivity contribution in [1.82, 2.24) is 14.8 Å². The van der Waals surface area contributed by atoms with Crippen LogP contribution in [-0.4, -0.2) is 48.0 Å². The van der Waals surface area contributed by atoms with Gasteiger partial charge in [-0.25, -0.2) is 4.79 Å². The average molecular weight is 509 g/mol. The molecule has 1 unspecified atom stereocenters. The Balaban J connectivity index is 1.42. The predicted octanol–water partition coefficient (Wildman–Crippen LogP) is 3.82. The van der Waals surface area contributed by atoms with Gasteiger partial charge in [-0.2, -0.15) is 0 Å². The van der Waals surface area contributed by atoms with E-state index in [0.717, 1.165) is 27.8 Å². The number of para-hydroxylation sites is 2. The van der Waals surface area contributed by atoms with Crippen molar-refractivity contribution >= 4 is 34.4 Å². The lowest BCUT2D eigenvalue weighted by Crippen LogP contribution is -2.51. The van der Waals surface area contributed by atoms with Crippen LogP contribution < -0.4 is 10.2 Å². The molecule has 2 amide bonds. The van der Waals surface area contributed by atoms with Crippen LogP contribution in [0.5, 0.6) is 0 Å². The van der Waals surface area contributed by atoms with Crippen molar-refractivity contribution in [2.24, 2.45) is 0 Å². The van der Waals surface area contributed by atoms with Crippen molar-refractivity contribution in [3.05, 3.63) is 101 Å². The van der Waals surface area contributed by atoms with Gasteiger partial charge in [-0.1, -0.05) is 60.7 Å². The molecule has 8 heteroatoms. The summed E-state index contributed by atoms with van der Waals surface area (Å²) in [7, 11) is 3.30. The first-order chi connectivity index (χ1) is 18.5. The first-order valence-corrected chi connectivity index (χ1v) is 12.6. The molecule has 0 saturated carbocycles. The number of carbonyl (C=O) groups excluding carboxylic acids is 3. The summed E-state index contributed by atoms with van der Waals surface area (Å²) in [5, 5.41) is 3.94. The maximum Gasteiger partial charge on any atom is 0.333 e. The molecule has 0 aliphatic carbocycles. The highest BCUT2D eigenvalue weighted by Gasteiger charge is 2.43. The van der Waals surface area contributed by atoms with Crippen molar-refractivity contribution in [3.63, 3.8) is 0 Å². The van der Waals surface area contributed by atoms with E-state index in [2.05, 4.69) is 16.3 Å². The Labute approximate surface area is 220 Å². The van der Waals surface area contributed by atoms with Crippen molar-refractivity contribution in [3.8, 4) is 0 Å². The van der Waals surface area contributed by atoms with E-state index in [1.165, 1.54) is 7.11 Å². The number of rotatable bonds is 5. The molecule has 1 aromatic heterocycles. The lowest BCUT2D eigenvalue weighted by Gasteiger charge is -2.46. The SMILES string of the molecule is COC(=O)[C@@H](NC(=O)Cn1c2c(c3ccccc31)CCN1C(=O)c3ccccc3N(C)C21)c1ccccc1. The molecule has 0 bridgehead atoms. The summed E-state index contributed by atoms with van der Waals surface area (Å²) < 4.78 is 6.98. The molecule has 2 aliphatic rings. The van der Waals surface area contributed by atoms with E-state index < -0.39 is 12.0 Å². The molecule has 0 fully saturated rings. The Kier molecular flexibility index (Phi) is 5.87. The predicted molar refractivity (Wildman–Crippen MR) is 144 cm³/mol. The van der Waals surface area contributed by atoms with E-state index in [4.69, 9.17) is 4.74 Å². The number of esters is 1. The molecular weight excluding hydrogens is 480 g/mol. The molecule has 0 radical (unpaired) electrons. The number of nitrogens with one attached hydrogen (secondary N) is 1. The Morgan fingerprint density at radius 1 is 1.00 bits per heavy atom. The van der Waals surface area contributed by atoms with E-state index in [9.17, 15) is 14.4 Å². The van der Waals surface area contributed by atoms with E-state index in [0.29, 0.717) is 24.1 Å². The van der Waals surface area contributed by atoms with E-state index in [1.54, 1.807) is 12.1 Å². The van der Waals surface area contributed by atoms with Crippen LogP contribution in [-0.2, 0) is 27.3 Å². The van der Waals surface area contributed by atoms with Gasteiger partial charge in [0.15, 0.2) is 6.04 Å². The van der Waals surface area contributed by atoms with Gasteiger partial charge in [0.25, 0.3) is 5.91 Å². The topological polar surface area (TPSA) is 83.9 Å². The quantitative estimate of drug-likeness (QED) is 0.415. The molecule has 2 aliphatic heterocycles. The third kappa shape index (κ3) is 3.72. The average Bonchev–Trinajstić information content (AvgIpc) is 3.27. The van der Waals surface area contributed by atoms with Gasteiger partial charge in [0.2, 0.25) is 5.91 Å². The van der Waals surface area contributed by atoms with Crippen LogP contribution >= 0.6 is 0 Å².